The topological polar surface area (TPSA) is 21.3 Å². The van der Waals surface area contributed by atoms with Crippen molar-refractivity contribution in [3.8, 4) is 5.75 Å². The summed E-state index contributed by atoms with van der Waals surface area (Å²) in [5, 5.41) is 5.13. The summed E-state index contributed by atoms with van der Waals surface area (Å²) >= 11 is 5.01. The van der Waals surface area contributed by atoms with Crippen LogP contribution in [0.3, 0.4) is 0 Å². The molecule has 16 heavy (non-hydrogen) atoms. The number of hydrogen-bond acceptors (Lipinski definition) is 3. The third-order valence-electron chi connectivity index (χ3n) is 2.84. The van der Waals surface area contributed by atoms with E-state index in [2.05, 4.69) is 18.3 Å². The molecule has 0 aromatic heterocycles. The van der Waals surface area contributed by atoms with E-state index in [9.17, 15) is 0 Å². The Morgan fingerprint density at radius 3 is 3.19 bits per heavy atom. The molecule has 0 bridgehead atoms. The molecule has 1 heterocycles. The van der Waals surface area contributed by atoms with Gasteiger partial charge in [-0.1, -0.05) is 31.3 Å². The maximum absolute atomic E-state index is 5.90. The highest BCUT2D eigenvalue weighted by atomic mass is 32.1. The molecule has 3 heteroatoms. The lowest BCUT2D eigenvalue weighted by Crippen LogP contribution is -2.37. The number of benzene rings is 1. The molecule has 0 amide bonds. The Morgan fingerprint density at radius 1 is 1.56 bits per heavy atom. The van der Waals surface area contributed by atoms with Crippen molar-refractivity contribution in [1.29, 1.82) is 0 Å². The van der Waals surface area contributed by atoms with E-state index in [1.165, 1.54) is 5.56 Å². The number of fused-ring (bicyclic) bond motifs is 1. The summed E-state index contributed by atoms with van der Waals surface area (Å²) in [5.41, 5.74) is 2.38. The van der Waals surface area contributed by atoms with Gasteiger partial charge < -0.3 is 4.74 Å². The van der Waals surface area contributed by atoms with Crippen molar-refractivity contribution in [2.24, 2.45) is 0 Å². The minimum absolute atomic E-state index is 0.160. The highest BCUT2D eigenvalue weighted by molar-refractivity contribution is 7.79. The quantitative estimate of drug-likeness (QED) is 0.811. The molecule has 86 valence electrons. The first-order valence-corrected chi connectivity index (χ1v) is 6.29. The molecule has 0 aliphatic carbocycles. The van der Waals surface area contributed by atoms with Gasteiger partial charge in [0.05, 0.1) is 0 Å². The Balaban J connectivity index is 2.12. The van der Waals surface area contributed by atoms with E-state index >= 15 is 0 Å². The lowest BCUT2D eigenvalue weighted by molar-refractivity contribution is 0.138. The zero-order chi connectivity index (χ0) is 11.4. The van der Waals surface area contributed by atoms with Crippen molar-refractivity contribution in [1.82, 2.24) is 5.32 Å². The molecule has 0 saturated heterocycles. The molecular weight excluding hydrogens is 218 g/mol. The molecule has 1 unspecified atom stereocenters. The lowest BCUT2D eigenvalue weighted by Gasteiger charge is -2.27. The van der Waals surface area contributed by atoms with E-state index in [4.69, 9.17) is 17.0 Å². The summed E-state index contributed by atoms with van der Waals surface area (Å²) in [5.74, 6) is 0.985. The summed E-state index contributed by atoms with van der Waals surface area (Å²) in [6, 6.07) is 6.08. The first kappa shape index (κ1) is 11.6. The molecule has 1 atom stereocenters. The fraction of sp³-hybridized carbons (Fsp3) is 0.462. The van der Waals surface area contributed by atoms with Gasteiger partial charge in [0.25, 0.3) is 0 Å². The molecule has 1 aromatic carbocycles. The molecule has 1 N–H and O–H groups in total. The Morgan fingerprint density at radius 2 is 2.44 bits per heavy atom. The van der Waals surface area contributed by atoms with E-state index in [1.807, 2.05) is 12.1 Å². The van der Waals surface area contributed by atoms with Gasteiger partial charge in [-0.3, -0.25) is 5.32 Å². The van der Waals surface area contributed by atoms with Crippen molar-refractivity contribution in [3.63, 3.8) is 0 Å². The maximum atomic E-state index is 5.90. The first-order valence-electron chi connectivity index (χ1n) is 5.82. The van der Waals surface area contributed by atoms with Crippen LogP contribution in [0.1, 0.15) is 30.9 Å². The van der Waals surface area contributed by atoms with Gasteiger partial charge in [-0.15, -0.1) is 0 Å². The van der Waals surface area contributed by atoms with Crippen molar-refractivity contribution in [2.45, 2.75) is 32.4 Å². The molecule has 1 aliphatic heterocycles. The predicted molar refractivity (Wildman–Crippen MR) is 70.2 cm³/mol. The highest BCUT2D eigenvalue weighted by Gasteiger charge is 2.20. The van der Waals surface area contributed by atoms with Crippen LogP contribution in [0.15, 0.2) is 18.2 Å². The third kappa shape index (κ3) is 2.42. The molecule has 0 spiro atoms. The number of hydrogen-bond donors (Lipinski definition) is 1. The van der Waals surface area contributed by atoms with Crippen LogP contribution in [-0.2, 0) is 6.42 Å². The number of thiocarbonyl (C=S) groups is 1. The normalized spacial score (nSPS) is 18.7. The number of ether oxygens (including phenoxy) is 1. The van der Waals surface area contributed by atoms with E-state index < -0.39 is 0 Å². The average molecular weight is 235 g/mol. The third-order valence-corrected chi connectivity index (χ3v) is 3.10. The Labute approximate surface area is 102 Å². The molecule has 1 aromatic rings. The largest absolute Gasteiger partial charge is 0.475 e. The summed E-state index contributed by atoms with van der Waals surface area (Å²) in [6.45, 7) is 3.17. The second-order valence-corrected chi connectivity index (χ2v) is 4.28. The molecule has 2 rings (SSSR count). The Hall–Kier alpha value is -0.930. The smallest absolute Gasteiger partial charge is 0.150 e. The molecule has 0 saturated carbocycles. The van der Waals surface area contributed by atoms with Crippen LogP contribution in [0.5, 0.6) is 5.75 Å². The molecule has 2 nitrogen and oxygen atoms in total. The van der Waals surface area contributed by atoms with Gasteiger partial charge >= 0.3 is 0 Å². The van der Waals surface area contributed by atoms with E-state index in [1.54, 1.807) is 5.37 Å². The monoisotopic (exact) mass is 235 g/mol. The van der Waals surface area contributed by atoms with Crippen molar-refractivity contribution >= 4 is 17.6 Å². The second kappa shape index (κ2) is 5.41. The minimum Gasteiger partial charge on any atom is -0.475 e. The molecule has 1 aliphatic rings. The van der Waals surface area contributed by atoms with Gasteiger partial charge in [0.1, 0.15) is 5.75 Å². The SMILES string of the molecule is CCCNC1CCc2c(C=S)cccc2O1. The number of nitrogens with one attached hydrogen (secondary N) is 1. The lowest BCUT2D eigenvalue weighted by atomic mass is 10.00. The van der Waals surface area contributed by atoms with E-state index in [0.717, 1.165) is 37.1 Å². The van der Waals surface area contributed by atoms with Crippen LogP contribution in [0.4, 0.5) is 0 Å². The summed E-state index contributed by atoms with van der Waals surface area (Å²) in [7, 11) is 0. The van der Waals surface area contributed by atoms with Crippen molar-refractivity contribution in [3.05, 3.63) is 29.3 Å². The summed E-state index contributed by atoms with van der Waals surface area (Å²) in [4.78, 5) is 0. The second-order valence-electron chi connectivity index (χ2n) is 4.04. The van der Waals surface area contributed by atoms with E-state index in [0.29, 0.717) is 0 Å². The van der Waals surface area contributed by atoms with Crippen molar-refractivity contribution in [2.75, 3.05) is 6.54 Å². The van der Waals surface area contributed by atoms with Crippen molar-refractivity contribution < 1.29 is 4.74 Å². The standard InChI is InChI=1S/C13H17NOS/c1-2-8-14-13-7-6-11-10(9-16)4-3-5-12(11)15-13/h3-5,9,13-14H,2,6-8H2,1H3. The van der Waals surface area contributed by atoms with Crippen LogP contribution in [0, 0.1) is 0 Å². The Kier molecular flexibility index (Phi) is 3.91. The predicted octanol–water partition coefficient (Wildman–Crippen LogP) is 2.69. The average Bonchev–Trinajstić information content (AvgIpc) is 2.35. The minimum atomic E-state index is 0.160. The van der Waals surface area contributed by atoms with Gasteiger partial charge in [0.15, 0.2) is 6.23 Å². The zero-order valence-electron chi connectivity index (χ0n) is 9.53. The van der Waals surface area contributed by atoms with Crippen LogP contribution >= 0.6 is 12.2 Å². The summed E-state index contributed by atoms with van der Waals surface area (Å²) < 4.78 is 5.90. The van der Waals surface area contributed by atoms with Crippen LogP contribution in [0.25, 0.3) is 0 Å². The molecular formula is C13H17NOS. The van der Waals surface area contributed by atoms with Gasteiger partial charge in [-0.2, -0.15) is 0 Å². The molecule has 0 fully saturated rings. The Bertz CT molecular complexity index is 378. The van der Waals surface area contributed by atoms with Crippen LogP contribution in [0.2, 0.25) is 0 Å². The zero-order valence-corrected chi connectivity index (χ0v) is 10.3. The van der Waals surface area contributed by atoms with Crippen LogP contribution in [-0.4, -0.2) is 18.1 Å². The first-order chi connectivity index (χ1) is 7.85. The fourth-order valence-electron chi connectivity index (χ4n) is 2.01. The van der Waals surface area contributed by atoms with Gasteiger partial charge in [0.2, 0.25) is 0 Å². The van der Waals surface area contributed by atoms with Gasteiger partial charge in [0, 0.05) is 17.4 Å². The van der Waals surface area contributed by atoms with Gasteiger partial charge in [-0.05, 0) is 31.0 Å². The molecule has 0 radical (unpaired) electrons. The fourth-order valence-corrected chi connectivity index (χ4v) is 2.23. The van der Waals surface area contributed by atoms with Gasteiger partial charge in [-0.25, -0.2) is 0 Å². The van der Waals surface area contributed by atoms with Crippen LogP contribution < -0.4 is 10.1 Å². The highest BCUT2D eigenvalue weighted by Crippen LogP contribution is 2.28. The van der Waals surface area contributed by atoms with E-state index in [-0.39, 0.29) is 6.23 Å². The summed E-state index contributed by atoms with van der Waals surface area (Å²) in [6.07, 6.45) is 3.35. The number of rotatable bonds is 4. The maximum Gasteiger partial charge on any atom is 0.150 e.